The van der Waals surface area contributed by atoms with E-state index in [0.29, 0.717) is 5.89 Å². The fourth-order valence-corrected chi connectivity index (χ4v) is 0.626. The standard InChI is InChI=1S/C8H11N3O/c1-2-3-5-9-6-4-8-11-10-7-12-8/h4-7H,2-3H2,1H3/b6-4-,9-5?. The molecular formula is C8H11N3O. The molecule has 0 aromatic carbocycles. The summed E-state index contributed by atoms with van der Waals surface area (Å²) in [6, 6.07) is 0. The van der Waals surface area contributed by atoms with Gasteiger partial charge in [-0.15, -0.1) is 10.2 Å². The van der Waals surface area contributed by atoms with E-state index in [9.17, 15) is 0 Å². The first-order valence-electron chi connectivity index (χ1n) is 3.88. The fraction of sp³-hybridized carbons (Fsp3) is 0.375. The molecule has 1 rings (SSSR count). The first-order chi connectivity index (χ1) is 5.93. The highest BCUT2D eigenvalue weighted by atomic mass is 16.4. The number of nitrogens with zero attached hydrogens (tertiary/aromatic N) is 3. The van der Waals surface area contributed by atoms with E-state index >= 15 is 0 Å². The van der Waals surface area contributed by atoms with Gasteiger partial charge in [0.1, 0.15) is 0 Å². The number of aliphatic imine (C=N–C) groups is 1. The van der Waals surface area contributed by atoms with Crippen LogP contribution >= 0.6 is 0 Å². The zero-order chi connectivity index (χ0) is 8.65. The Morgan fingerprint density at radius 2 is 2.58 bits per heavy atom. The van der Waals surface area contributed by atoms with Crippen LogP contribution < -0.4 is 0 Å². The van der Waals surface area contributed by atoms with E-state index in [1.54, 1.807) is 12.3 Å². The van der Waals surface area contributed by atoms with Crippen LogP contribution in [0.25, 0.3) is 6.08 Å². The molecule has 1 aromatic rings. The summed E-state index contributed by atoms with van der Waals surface area (Å²) in [6.07, 6.45) is 8.55. The minimum absolute atomic E-state index is 0.476. The molecule has 0 aliphatic rings. The van der Waals surface area contributed by atoms with E-state index in [-0.39, 0.29) is 0 Å². The molecular weight excluding hydrogens is 154 g/mol. The van der Waals surface area contributed by atoms with Crippen LogP contribution in [-0.4, -0.2) is 16.4 Å². The lowest BCUT2D eigenvalue weighted by Gasteiger charge is -1.80. The van der Waals surface area contributed by atoms with Crippen molar-refractivity contribution in [1.82, 2.24) is 10.2 Å². The Hall–Kier alpha value is -1.45. The topological polar surface area (TPSA) is 51.3 Å². The molecule has 0 fully saturated rings. The Morgan fingerprint density at radius 1 is 1.67 bits per heavy atom. The lowest BCUT2D eigenvalue weighted by atomic mass is 10.4. The van der Waals surface area contributed by atoms with Crippen molar-refractivity contribution in [3.8, 4) is 0 Å². The van der Waals surface area contributed by atoms with Crippen molar-refractivity contribution in [1.29, 1.82) is 0 Å². The van der Waals surface area contributed by atoms with E-state index in [4.69, 9.17) is 4.42 Å². The van der Waals surface area contributed by atoms with Crippen molar-refractivity contribution >= 4 is 12.3 Å². The van der Waals surface area contributed by atoms with Crippen LogP contribution in [0.4, 0.5) is 0 Å². The molecule has 12 heavy (non-hydrogen) atoms. The second-order valence-electron chi connectivity index (χ2n) is 2.21. The van der Waals surface area contributed by atoms with Gasteiger partial charge in [0.15, 0.2) is 0 Å². The number of rotatable bonds is 4. The Balaban J connectivity index is 2.31. The monoisotopic (exact) mass is 165 g/mol. The van der Waals surface area contributed by atoms with Crippen LogP contribution in [-0.2, 0) is 0 Å². The lowest BCUT2D eigenvalue weighted by Crippen LogP contribution is -1.71. The third-order valence-corrected chi connectivity index (χ3v) is 1.20. The SMILES string of the molecule is CCCC=N/C=C\c1nnco1. The van der Waals surface area contributed by atoms with E-state index in [0.717, 1.165) is 12.8 Å². The van der Waals surface area contributed by atoms with Gasteiger partial charge in [0.05, 0.1) is 0 Å². The molecule has 0 unspecified atom stereocenters. The molecule has 0 saturated carbocycles. The Morgan fingerprint density at radius 3 is 3.25 bits per heavy atom. The van der Waals surface area contributed by atoms with Crippen molar-refractivity contribution < 1.29 is 4.42 Å². The van der Waals surface area contributed by atoms with Crippen molar-refractivity contribution in [2.75, 3.05) is 0 Å². The van der Waals surface area contributed by atoms with Gasteiger partial charge in [-0.25, -0.2) is 0 Å². The van der Waals surface area contributed by atoms with Gasteiger partial charge in [-0.1, -0.05) is 13.3 Å². The summed E-state index contributed by atoms with van der Waals surface area (Å²) in [6.45, 7) is 2.10. The second kappa shape index (κ2) is 5.23. The van der Waals surface area contributed by atoms with Crippen molar-refractivity contribution in [3.05, 3.63) is 18.5 Å². The van der Waals surface area contributed by atoms with Crippen molar-refractivity contribution in [2.45, 2.75) is 19.8 Å². The fourth-order valence-electron chi connectivity index (χ4n) is 0.626. The minimum Gasteiger partial charge on any atom is -0.424 e. The Kier molecular flexibility index (Phi) is 3.77. The zero-order valence-electron chi connectivity index (χ0n) is 6.97. The second-order valence-corrected chi connectivity index (χ2v) is 2.21. The van der Waals surface area contributed by atoms with Gasteiger partial charge in [0, 0.05) is 18.5 Å². The van der Waals surface area contributed by atoms with E-state index < -0.39 is 0 Å². The first-order valence-corrected chi connectivity index (χ1v) is 3.88. The normalized spacial score (nSPS) is 11.8. The predicted octanol–water partition coefficient (Wildman–Crippen LogP) is 1.91. The highest BCUT2D eigenvalue weighted by Gasteiger charge is 1.87. The van der Waals surface area contributed by atoms with Gasteiger partial charge in [-0.05, 0) is 6.42 Å². The summed E-state index contributed by atoms with van der Waals surface area (Å²) in [7, 11) is 0. The average molecular weight is 165 g/mol. The molecule has 0 aliphatic heterocycles. The van der Waals surface area contributed by atoms with Crippen LogP contribution in [0.1, 0.15) is 25.7 Å². The molecule has 0 bridgehead atoms. The maximum atomic E-state index is 4.86. The van der Waals surface area contributed by atoms with Crippen LogP contribution in [0, 0.1) is 0 Å². The molecule has 1 heterocycles. The smallest absolute Gasteiger partial charge is 0.241 e. The largest absolute Gasteiger partial charge is 0.424 e. The minimum atomic E-state index is 0.476. The number of aromatic nitrogens is 2. The van der Waals surface area contributed by atoms with E-state index in [1.807, 2.05) is 6.21 Å². The molecule has 1 aromatic heterocycles. The highest BCUT2D eigenvalue weighted by Crippen LogP contribution is 1.94. The van der Waals surface area contributed by atoms with Crippen LogP contribution in [0.15, 0.2) is 22.0 Å². The van der Waals surface area contributed by atoms with Gasteiger partial charge in [-0.3, -0.25) is 4.99 Å². The van der Waals surface area contributed by atoms with Gasteiger partial charge in [0.25, 0.3) is 0 Å². The number of hydrogen-bond acceptors (Lipinski definition) is 4. The van der Waals surface area contributed by atoms with Crippen LogP contribution in [0.3, 0.4) is 0 Å². The molecule has 0 aliphatic carbocycles. The maximum Gasteiger partial charge on any atom is 0.241 e. The molecule has 0 atom stereocenters. The molecule has 0 amide bonds. The Labute approximate surface area is 71.0 Å². The third kappa shape index (κ3) is 3.09. The Bertz CT molecular complexity index is 251. The quantitative estimate of drug-likeness (QED) is 0.640. The van der Waals surface area contributed by atoms with Crippen molar-refractivity contribution in [2.24, 2.45) is 4.99 Å². The molecule has 4 heteroatoms. The lowest BCUT2D eigenvalue weighted by molar-refractivity contribution is 0.542. The van der Waals surface area contributed by atoms with Crippen molar-refractivity contribution in [3.63, 3.8) is 0 Å². The van der Waals surface area contributed by atoms with E-state index in [2.05, 4.69) is 22.1 Å². The predicted molar refractivity (Wildman–Crippen MR) is 46.7 cm³/mol. The summed E-state index contributed by atoms with van der Waals surface area (Å²) in [4.78, 5) is 4.00. The molecule has 64 valence electrons. The van der Waals surface area contributed by atoms with Gasteiger partial charge >= 0.3 is 0 Å². The van der Waals surface area contributed by atoms with Gasteiger partial charge < -0.3 is 4.42 Å². The summed E-state index contributed by atoms with van der Waals surface area (Å²) in [5.41, 5.74) is 0. The zero-order valence-corrected chi connectivity index (χ0v) is 6.97. The summed E-state index contributed by atoms with van der Waals surface area (Å²) in [5, 5.41) is 7.17. The summed E-state index contributed by atoms with van der Waals surface area (Å²) < 4.78 is 4.86. The molecule has 0 radical (unpaired) electrons. The number of hydrogen-bond donors (Lipinski definition) is 0. The molecule has 4 nitrogen and oxygen atoms in total. The van der Waals surface area contributed by atoms with Gasteiger partial charge in [0.2, 0.25) is 12.3 Å². The first kappa shape index (κ1) is 8.64. The third-order valence-electron chi connectivity index (χ3n) is 1.20. The van der Waals surface area contributed by atoms with Crippen LogP contribution in [0.2, 0.25) is 0 Å². The summed E-state index contributed by atoms with van der Waals surface area (Å²) in [5.74, 6) is 0.476. The molecule has 0 N–H and O–H groups in total. The highest BCUT2D eigenvalue weighted by molar-refractivity contribution is 5.58. The summed E-state index contributed by atoms with van der Waals surface area (Å²) >= 11 is 0. The number of unbranched alkanes of at least 4 members (excludes halogenated alkanes) is 1. The average Bonchev–Trinajstić information content (AvgIpc) is 2.57. The molecule has 0 saturated heterocycles. The molecule has 0 spiro atoms. The maximum absolute atomic E-state index is 4.86. The van der Waals surface area contributed by atoms with Crippen LogP contribution in [0.5, 0.6) is 0 Å². The van der Waals surface area contributed by atoms with E-state index in [1.165, 1.54) is 6.39 Å². The van der Waals surface area contributed by atoms with Gasteiger partial charge in [-0.2, -0.15) is 0 Å².